The molecule has 0 radical (unpaired) electrons. The summed E-state index contributed by atoms with van der Waals surface area (Å²) in [5.41, 5.74) is 3.72. The van der Waals surface area contributed by atoms with Crippen LogP contribution < -0.4 is 15.1 Å². The molecule has 0 bridgehead atoms. The fourth-order valence-electron chi connectivity index (χ4n) is 9.04. The van der Waals surface area contributed by atoms with Crippen molar-refractivity contribution in [3.8, 4) is 11.5 Å². The SMILES string of the molecule is COc1ccc(C23C(=O)N(Nc4ccc(Cl)cc4Cl)C(=O)C2CC2C(=CCC4C(=O)N(c5ccc(C(C)=O)cc5)C(=O)C42)C3c2cc(Cl)ccc2O)cc1. The molecular formula is C41H32Cl3N3O7. The van der Waals surface area contributed by atoms with Crippen molar-refractivity contribution in [2.24, 2.45) is 23.7 Å². The maximum Gasteiger partial charge on any atom is 0.260 e. The van der Waals surface area contributed by atoms with Gasteiger partial charge in [-0.15, -0.1) is 0 Å². The Kier molecular flexibility index (Phi) is 8.83. The van der Waals surface area contributed by atoms with E-state index < -0.39 is 52.7 Å². The molecule has 2 heterocycles. The van der Waals surface area contributed by atoms with Crippen LogP contribution in [0.2, 0.25) is 15.1 Å². The van der Waals surface area contributed by atoms with Gasteiger partial charge in [0.25, 0.3) is 11.8 Å². The molecule has 2 N–H and O–H groups in total. The molecule has 1 saturated carbocycles. The van der Waals surface area contributed by atoms with E-state index in [1.54, 1.807) is 66.7 Å². The lowest BCUT2D eigenvalue weighted by Gasteiger charge is -2.50. The summed E-state index contributed by atoms with van der Waals surface area (Å²) in [4.78, 5) is 72.0. The number of halogens is 3. The van der Waals surface area contributed by atoms with Gasteiger partial charge in [-0.25, -0.2) is 0 Å². The molecule has 6 atom stereocenters. The standard InChI is InChI=1S/C41H32Cl3N3O7/c1-20(48)21-3-9-25(10-4-21)46-37(50)28-14-13-27-29(35(28)39(46)52)19-31-38(51)47(45-33-15-7-24(43)18-32(33)44)40(53)41(31,22-5-11-26(54-2)12-6-22)36(27)30-17-23(42)8-16-34(30)49/h3-13,15-18,28-29,31,35-36,45,49H,14,19H2,1-2H3. The van der Waals surface area contributed by atoms with Crippen molar-refractivity contribution in [3.63, 3.8) is 0 Å². The van der Waals surface area contributed by atoms with Crippen LogP contribution in [0.1, 0.15) is 47.2 Å². The Morgan fingerprint density at radius 3 is 2.20 bits per heavy atom. The lowest BCUT2D eigenvalue weighted by atomic mass is 9.49. The number of rotatable bonds is 7. The molecular weight excluding hydrogens is 753 g/mol. The number of anilines is 2. The Balaban J connectivity index is 1.32. The van der Waals surface area contributed by atoms with Gasteiger partial charge >= 0.3 is 0 Å². The molecule has 4 aliphatic rings. The maximum atomic E-state index is 15.4. The summed E-state index contributed by atoms with van der Waals surface area (Å²) in [7, 11) is 1.52. The number of amides is 4. The average molecular weight is 785 g/mol. The van der Waals surface area contributed by atoms with E-state index in [9.17, 15) is 24.3 Å². The van der Waals surface area contributed by atoms with Crippen molar-refractivity contribution in [3.05, 3.63) is 128 Å². The lowest BCUT2D eigenvalue weighted by molar-refractivity contribution is -0.138. The number of hydrogen-bond acceptors (Lipinski definition) is 8. The van der Waals surface area contributed by atoms with Crippen LogP contribution in [-0.2, 0) is 24.6 Å². The van der Waals surface area contributed by atoms with E-state index in [1.165, 1.54) is 32.2 Å². The number of carbonyl (C=O) groups is 5. The average Bonchev–Trinajstić information content (AvgIpc) is 3.54. The third kappa shape index (κ3) is 5.33. The third-order valence-electron chi connectivity index (χ3n) is 11.4. The summed E-state index contributed by atoms with van der Waals surface area (Å²) >= 11 is 19.3. The number of fused-ring (bicyclic) bond motifs is 4. The molecule has 2 aliphatic carbocycles. The second-order valence-corrected chi connectivity index (χ2v) is 15.3. The predicted molar refractivity (Wildman–Crippen MR) is 203 cm³/mol. The van der Waals surface area contributed by atoms with Crippen molar-refractivity contribution < 1.29 is 33.8 Å². The number of benzene rings is 4. The van der Waals surface area contributed by atoms with Crippen LogP contribution in [-0.4, -0.2) is 46.6 Å². The number of hydrazine groups is 1. The van der Waals surface area contributed by atoms with E-state index >= 15 is 4.79 Å². The molecule has 54 heavy (non-hydrogen) atoms. The van der Waals surface area contributed by atoms with E-state index in [4.69, 9.17) is 39.5 Å². The number of Topliss-reactive ketones (excluding diaryl/α,β-unsaturated/α-hetero) is 1. The zero-order chi connectivity index (χ0) is 38.2. The minimum Gasteiger partial charge on any atom is -0.508 e. The molecule has 2 aliphatic heterocycles. The van der Waals surface area contributed by atoms with Gasteiger partial charge in [0.15, 0.2) is 5.78 Å². The molecule has 0 spiro atoms. The first-order valence-corrected chi connectivity index (χ1v) is 18.4. The van der Waals surface area contributed by atoms with Crippen molar-refractivity contribution >= 4 is 75.6 Å². The number of aromatic hydroxyl groups is 1. The summed E-state index contributed by atoms with van der Waals surface area (Å²) in [5, 5.41) is 13.3. The number of allylic oxidation sites excluding steroid dienone is 2. The largest absolute Gasteiger partial charge is 0.508 e. The monoisotopic (exact) mass is 783 g/mol. The zero-order valence-electron chi connectivity index (χ0n) is 28.9. The van der Waals surface area contributed by atoms with Crippen LogP contribution in [0.4, 0.5) is 11.4 Å². The van der Waals surface area contributed by atoms with Crippen LogP contribution in [0.3, 0.4) is 0 Å². The van der Waals surface area contributed by atoms with Crippen LogP contribution >= 0.6 is 34.8 Å². The van der Waals surface area contributed by atoms with Crippen molar-refractivity contribution in [1.82, 2.24) is 5.01 Å². The van der Waals surface area contributed by atoms with Gasteiger partial charge in [0, 0.05) is 27.1 Å². The third-order valence-corrected chi connectivity index (χ3v) is 12.2. The number of nitrogens with one attached hydrogen (secondary N) is 1. The quantitative estimate of drug-likeness (QED) is 0.111. The number of methoxy groups -OCH3 is 1. The second-order valence-electron chi connectivity index (χ2n) is 14.0. The van der Waals surface area contributed by atoms with Crippen LogP contribution in [0.25, 0.3) is 0 Å². The van der Waals surface area contributed by atoms with E-state index in [0.717, 1.165) is 9.91 Å². The van der Waals surface area contributed by atoms with Gasteiger partial charge < -0.3 is 9.84 Å². The van der Waals surface area contributed by atoms with E-state index in [-0.39, 0.29) is 46.0 Å². The Labute approximate surface area is 325 Å². The smallest absolute Gasteiger partial charge is 0.260 e. The number of phenols is 1. The molecule has 4 amide bonds. The van der Waals surface area contributed by atoms with Crippen molar-refractivity contribution in [2.45, 2.75) is 31.1 Å². The number of ketones is 1. The first kappa shape index (κ1) is 35.8. The second kappa shape index (κ2) is 13.3. The molecule has 6 unspecified atom stereocenters. The molecule has 10 nitrogen and oxygen atoms in total. The van der Waals surface area contributed by atoms with Gasteiger partial charge in [0.2, 0.25) is 11.8 Å². The van der Waals surface area contributed by atoms with Crippen LogP contribution in [0.5, 0.6) is 11.5 Å². The molecule has 4 aromatic rings. The normalized spacial score (nSPS) is 25.9. The first-order chi connectivity index (χ1) is 25.9. The molecule has 8 rings (SSSR count). The molecule has 2 saturated heterocycles. The lowest BCUT2D eigenvalue weighted by Crippen LogP contribution is -2.53. The maximum absolute atomic E-state index is 15.4. The van der Waals surface area contributed by atoms with E-state index in [2.05, 4.69) is 5.43 Å². The van der Waals surface area contributed by atoms with Crippen LogP contribution in [0.15, 0.2) is 96.6 Å². The summed E-state index contributed by atoms with van der Waals surface area (Å²) in [5.74, 6) is -6.21. The van der Waals surface area contributed by atoms with Gasteiger partial charge in [-0.3, -0.25) is 34.3 Å². The van der Waals surface area contributed by atoms with Gasteiger partial charge in [-0.2, -0.15) is 5.01 Å². The number of imide groups is 2. The number of carbonyl (C=O) groups excluding carboxylic acids is 5. The van der Waals surface area contributed by atoms with Gasteiger partial charge in [0.1, 0.15) is 11.5 Å². The Bertz CT molecular complexity index is 2310. The number of nitrogens with zero attached hydrogens (tertiary/aromatic N) is 2. The molecule has 0 aromatic heterocycles. The summed E-state index contributed by atoms with van der Waals surface area (Å²) in [6.45, 7) is 1.43. The first-order valence-electron chi connectivity index (χ1n) is 17.3. The fraction of sp³-hybridized carbons (Fsp3) is 0.244. The van der Waals surface area contributed by atoms with Gasteiger partial charge in [0.05, 0.1) is 46.7 Å². The minimum absolute atomic E-state index is 0.0318. The molecule has 13 heteroatoms. The molecule has 274 valence electrons. The zero-order valence-corrected chi connectivity index (χ0v) is 31.2. The van der Waals surface area contributed by atoms with Crippen LogP contribution in [0, 0.1) is 23.7 Å². The minimum atomic E-state index is -1.67. The van der Waals surface area contributed by atoms with E-state index in [0.29, 0.717) is 38.7 Å². The Hall–Kier alpha value is -5.16. The molecule has 3 fully saturated rings. The van der Waals surface area contributed by atoms with Gasteiger partial charge in [-0.1, -0.05) is 58.6 Å². The number of hydrogen-bond donors (Lipinski definition) is 2. The predicted octanol–water partition coefficient (Wildman–Crippen LogP) is 7.75. The highest BCUT2D eigenvalue weighted by atomic mass is 35.5. The highest BCUT2D eigenvalue weighted by molar-refractivity contribution is 6.36. The number of phenolic OH excluding ortho intramolecular Hbond substituents is 1. The summed E-state index contributed by atoms with van der Waals surface area (Å²) < 4.78 is 5.44. The summed E-state index contributed by atoms with van der Waals surface area (Å²) in [6, 6.07) is 22.3. The fourth-order valence-corrected chi connectivity index (χ4v) is 9.68. The van der Waals surface area contributed by atoms with Gasteiger partial charge in [-0.05, 0) is 104 Å². The molecule has 4 aromatic carbocycles. The van der Waals surface area contributed by atoms with E-state index in [1.807, 2.05) is 6.08 Å². The summed E-state index contributed by atoms with van der Waals surface area (Å²) in [6.07, 6.45) is 2.09. The topological polar surface area (TPSA) is 133 Å². The Morgan fingerprint density at radius 2 is 1.54 bits per heavy atom. The van der Waals surface area contributed by atoms with Crippen molar-refractivity contribution in [1.29, 1.82) is 0 Å². The number of ether oxygens (including phenoxy) is 1. The Morgan fingerprint density at radius 1 is 0.852 bits per heavy atom. The highest BCUT2D eigenvalue weighted by Gasteiger charge is 2.70. The highest BCUT2D eigenvalue weighted by Crippen LogP contribution is 2.65. The van der Waals surface area contributed by atoms with Crippen molar-refractivity contribution in [2.75, 3.05) is 17.4 Å².